The maximum atomic E-state index is 12.7. The van der Waals surface area contributed by atoms with Gasteiger partial charge in [0.25, 0.3) is 5.91 Å². The fraction of sp³-hybridized carbons (Fsp3) is 0.318. The number of rotatable bonds is 7. The van der Waals surface area contributed by atoms with E-state index in [9.17, 15) is 14.4 Å². The van der Waals surface area contributed by atoms with E-state index >= 15 is 0 Å². The Kier molecular flexibility index (Phi) is 6.37. The van der Waals surface area contributed by atoms with Gasteiger partial charge in [-0.25, -0.2) is 9.69 Å². The minimum atomic E-state index is -0.612. The molecular formula is C22H26N4O4. The number of amides is 4. The maximum absolute atomic E-state index is 12.7. The van der Waals surface area contributed by atoms with Gasteiger partial charge in [0.1, 0.15) is 12.2 Å². The molecule has 1 aromatic heterocycles. The molecule has 0 spiro atoms. The molecule has 8 nitrogen and oxygen atoms in total. The first-order valence-corrected chi connectivity index (χ1v) is 9.67. The number of hydrogen-bond donors (Lipinski definition) is 2. The summed E-state index contributed by atoms with van der Waals surface area (Å²) < 4.78 is 7.23. The lowest BCUT2D eigenvalue weighted by Gasteiger charge is -2.12. The van der Waals surface area contributed by atoms with Crippen LogP contribution in [0.5, 0.6) is 0 Å². The van der Waals surface area contributed by atoms with Gasteiger partial charge >= 0.3 is 6.03 Å². The van der Waals surface area contributed by atoms with Gasteiger partial charge in [0.05, 0.1) is 6.61 Å². The topological polar surface area (TPSA) is 92.7 Å². The van der Waals surface area contributed by atoms with Crippen molar-refractivity contribution in [3.05, 3.63) is 58.5 Å². The highest BCUT2D eigenvalue weighted by atomic mass is 16.5. The normalized spacial score (nSPS) is 15.1. The van der Waals surface area contributed by atoms with Gasteiger partial charge < -0.3 is 19.9 Å². The third kappa shape index (κ3) is 4.60. The van der Waals surface area contributed by atoms with Crippen molar-refractivity contribution in [3.8, 4) is 0 Å². The van der Waals surface area contributed by atoms with Crippen LogP contribution in [0, 0.1) is 20.8 Å². The number of nitrogens with zero attached hydrogens (tertiary/aromatic N) is 2. The lowest BCUT2D eigenvalue weighted by molar-refractivity contribution is -0.127. The van der Waals surface area contributed by atoms with E-state index in [1.165, 1.54) is 0 Å². The van der Waals surface area contributed by atoms with Crippen molar-refractivity contribution in [2.45, 2.75) is 27.3 Å². The van der Waals surface area contributed by atoms with Crippen LogP contribution in [0.15, 0.2) is 36.0 Å². The van der Waals surface area contributed by atoms with Crippen LogP contribution in [0.4, 0.5) is 10.5 Å². The van der Waals surface area contributed by atoms with Crippen LogP contribution >= 0.6 is 0 Å². The number of methoxy groups -OCH3 is 1. The first-order valence-electron chi connectivity index (χ1n) is 9.67. The Bertz CT molecular complexity index is 1020. The summed E-state index contributed by atoms with van der Waals surface area (Å²) in [6.45, 7) is 6.75. The van der Waals surface area contributed by atoms with Crippen LogP contribution in [-0.2, 0) is 20.9 Å². The number of urea groups is 1. The highest BCUT2D eigenvalue weighted by Crippen LogP contribution is 2.20. The van der Waals surface area contributed by atoms with Crippen molar-refractivity contribution < 1.29 is 19.1 Å². The molecule has 4 amide bonds. The molecule has 0 aliphatic carbocycles. The largest absolute Gasteiger partial charge is 0.383 e. The van der Waals surface area contributed by atoms with Gasteiger partial charge in [0.2, 0.25) is 5.91 Å². The summed E-state index contributed by atoms with van der Waals surface area (Å²) in [6, 6.07) is 8.64. The Morgan fingerprint density at radius 2 is 1.97 bits per heavy atom. The molecule has 1 fully saturated rings. The smallest absolute Gasteiger partial charge is 0.329 e. The number of imide groups is 1. The number of aryl methyl sites for hydroxylation is 2. The van der Waals surface area contributed by atoms with E-state index in [0.29, 0.717) is 18.8 Å². The second-order valence-corrected chi connectivity index (χ2v) is 7.27. The first-order chi connectivity index (χ1) is 14.3. The van der Waals surface area contributed by atoms with Crippen molar-refractivity contribution in [2.75, 3.05) is 25.6 Å². The van der Waals surface area contributed by atoms with E-state index in [0.717, 1.165) is 27.4 Å². The number of aromatic nitrogens is 1. The molecule has 0 bridgehead atoms. The lowest BCUT2D eigenvalue weighted by atomic mass is 10.2. The molecule has 8 heteroatoms. The summed E-state index contributed by atoms with van der Waals surface area (Å²) >= 11 is 0. The van der Waals surface area contributed by atoms with Crippen molar-refractivity contribution in [1.82, 2.24) is 14.8 Å². The van der Waals surface area contributed by atoms with Crippen LogP contribution in [0.3, 0.4) is 0 Å². The standard InChI is InChI=1S/C22H26N4O4/c1-14-6-5-7-18(10-14)23-20(27)13-26-21(28)19(24-22(26)29)12-17-11-15(2)25(16(17)3)8-9-30-4/h5-7,10-12H,8-9,13H2,1-4H3,(H,23,27)(H,24,29)/b19-12+. The first kappa shape index (κ1) is 21.3. The SMILES string of the molecule is COCCn1c(C)cc(/C=C2/NC(=O)N(CC(=O)Nc3cccc(C)c3)C2=O)c1C. The summed E-state index contributed by atoms with van der Waals surface area (Å²) in [5, 5.41) is 5.27. The fourth-order valence-corrected chi connectivity index (χ4v) is 3.44. The summed E-state index contributed by atoms with van der Waals surface area (Å²) in [4.78, 5) is 38.2. The van der Waals surface area contributed by atoms with Crippen LogP contribution in [0.2, 0.25) is 0 Å². The zero-order chi connectivity index (χ0) is 21.8. The van der Waals surface area contributed by atoms with Gasteiger partial charge in [0, 0.05) is 30.7 Å². The third-order valence-corrected chi connectivity index (χ3v) is 5.00. The second kappa shape index (κ2) is 8.96. The molecule has 2 heterocycles. The van der Waals surface area contributed by atoms with Crippen molar-refractivity contribution >= 4 is 29.6 Å². The predicted molar refractivity (Wildman–Crippen MR) is 114 cm³/mol. The van der Waals surface area contributed by atoms with Crippen molar-refractivity contribution in [1.29, 1.82) is 0 Å². The number of carbonyl (C=O) groups is 3. The number of benzene rings is 1. The average Bonchev–Trinajstić information content (AvgIpc) is 3.10. The molecule has 2 aromatic rings. The second-order valence-electron chi connectivity index (χ2n) is 7.27. The molecule has 3 rings (SSSR count). The highest BCUT2D eigenvalue weighted by Gasteiger charge is 2.35. The van der Waals surface area contributed by atoms with Gasteiger partial charge in [0.15, 0.2) is 0 Å². The van der Waals surface area contributed by atoms with E-state index in [4.69, 9.17) is 4.74 Å². The fourth-order valence-electron chi connectivity index (χ4n) is 3.44. The molecule has 0 saturated carbocycles. The maximum Gasteiger partial charge on any atom is 0.329 e. The van der Waals surface area contributed by atoms with Crippen LogP contribution in [0.1, 0.15) is 22.5 Å². The Morgan fingerprint density at radius 3 is 2.67 bits per heavy atom. The molecule has 0 unspecified atom stereocenters. The van der Waals surface area contributed by atoms with Gasteiger partial charge in [-0.1, -0.05) is 12.1 Å². The Balaban J connectivity index is 1.72. The molecule has 1 aliphatic heterocycles. The summed E-state index contributed by atoms with van der Waals surface area (Å²) in [6.07, 6.45) is 1.64. The van der Waals surface area contributed by atoms with Crippen molar-refractivity contribution in [3.63, 3.8) is 0 Å². The molecule has 2 N–H and O–H groups in total. The molecule has 1 saturated heterocycles. The zero-order valence-corrected chi connectivity index (χ0v) is 17.6. The number of carbonyl (C=O) groups excluding carboxylic acids is 3. The molecule has 0 atom stereocenters. The predicted octanol–water partition coefficient (Wildman–Crippen LogP) is 2.59. The minimum absolute atomic E-state index is 0.148. The number of nitrogens with one attached hydrogen (secondary N) is 2. The van der Waals surface area contributed by atoms with Crippen LogP contribution < -0.4 is 10.6 Å². The molecule has 30 heavy (non-hydrogen) atoms. The number of anilines is 1. The van der Waals surface area contributed by atoms with Crippen molar-refractivity contribution in [2.24, 2.45) is 0 Å². The lowest BCUT2D eigenvalue weighted by Crippen LogP contribution is -2.38. The number of ether oxygens (including phenoxy) is 1. The summed E-state index contributed by atoms with van der Waals surface area (Å²) in [7, 11) is 1.65. The van der Waals surface area contributed by atoms with Gasteiger partial charge in [-0.2, -0.15) is 0 Å². The third-order valence-electron chi connectivity index (χ3n) is 5.00. The Morgan fingerprint density at radius 1 is 1.20 bits per heavy atom. The van der Waals surface area contributed by atoms with E-state index in [1.807, 2.05) is 45.0 Å². The Hall–Kier alpha value is -3.39. The van der Waals surface area contributed by atoms with E-state index in [-0.39, 0.29) is 12.2 Å². The van der Waals surface area contributed by atoms with Gasteiger partial charge in [-0.05, 0) is 56.2 Å². The molecule has 1 aromatic carbocycles. The Labute approximate surface area is 175 Å². The summed E-state index contributed by atoms with van der Waals surface area (Å²) in [5.41, 5.74) is 4.59. The van der Waals surface area contributed by atoms with E-state index in [1.54, 1.807) is 19.3 Å². The van der Waals surface area contributed by atoms with Gasteiger partial charge in [-0.15, -0.1) is 0 Å². The van der Waals surface area contributed by atoms with Gasteiger partial charge in [-0.3, -0.25) is 9.59 Å². The molecule has 1 aliphatic rings. The van der Waals surface area contributed by atoms with Crippen LogP contribution in [0.25, 0.3) is 6.08 Å². The van der Waals surface area contributed by atoms with E-state index < -0.39 is 17.8 Å². The number of hydrogen-bond acceptors (Lipinski definition) is 4. The van der Waals surface area contributed by atoms with Crippen LogP contribution in [-0.4, -0.2) is 47.6 Å². The monoisotopic (exact) mass is 410 g/mol. The summed E-state index contributed by atoms with van der Waals surface area (Å²) in [5.74, 6) is -0.968. The quantitative estimate of drug-likeness (QED) is 0.542. The van der Waals surface area contributed by atoms with E-state index in [2.05, 4.69) is 15.2 Å². The molecule has 0 radical (unpaired) electrons. The molecule has 158 valence electrons. The average molecular weight is 410 g/mol. The molecular weight excluding hydrogens is 384 g/mol. The minimum Gasteiger partial charge on any atom is -0.383 e. The zero-order valence-electron chi connectivity index (χ0n) is 17.6. The highest BCUT2D eigenvalue weighted by molar-refractivity contribution is 6.16.